The average molecular weight is 527 g/mol. The van der Waals surface area contributed by atoms with Gasteiger partial charge in [-0.05, 0) is 118 Å². The molecule has 0 saturated heterocycles. The van der Waals surface area contributed by atoms with Crippen molar-refractivity contribution in [2.24, 2.45) is 29.6 Å². The van der Waals surface area contributed by atoms with E-state index >= 15 is 4.39 Å². The Kier molecular flexibility index (Phi) is 11.8. The zero-order valence-electron chi connectivity index (χ0n) is 24.1. The summed E-state index contributed by atoms with van der Waals surface area (Å²) in [5, 5.41) is 0. The molecule has 3 heteroatoms. The Labute approximate surface area is 231 Å². The van der Waals surface area contributed by atoms with Gasteiger partial charge in [-0.25, -0.2) is 4.39 Å². The highest BCUT2D eigenvalue weighted by atomic mass is 19.2. The molecule has 38 heavy (non-hydrogen) atoms. The lowest BCUT2D eigenvalue weighted by atomic mass is 9.77. The van der Waals surface area contributed by atoms with E-state index in [0.29, 0.717) is 29.9 Å². The maximum Gasteiger partial charge on any atom is 0.200 e. The molecule has 1 aromatic rings. The number of unbranched alkanes of at least 4 members (excludes halogenated alkanes) is 2. The molecule has 0 aromatic heterocycles. The number of benzene rings is 1. The maximum absolute atomic E-state index is 15.0. The van der Waals surface area contributed by atoms with Crippen molar-refractivity contribution in [1.29, 1.82) is 0 Å². The van der Waals surface area contributed by atoms with Gasteiger partial charge in [0.25, 0.3) is 0 Å². The van der Waals surface area contributed by atoms with Crippen LogP contribution in [-0.2, 0) is 0 Å². The Morgan fingerprint density at radius 3 is 2.18 bits per heavy atom. The van der Waals surface area contributed by atoms with Crippen LogP contribution in [-0.4, -0.2) is 6.61 Å². The minimum Gasteiger partial charge on any atom is -0.490 e. The van der Waals surface area contributed by atoms with Gasteiger partial charge in [-0.15, -0.1) is 0 Å². The predicted octanol–water partition coefficient (Wildman–Crippen LogP) is 10.9. The molecular formula is C35H52F2O. The van der Waals surface area contributed by atoms with Crippen LogP contribution in [0.3, 0.4) is 0 Å². The average Bonchev–Trinajstić information content (AvgIpc) is 2.95. The molecule has 0 heterocycles. The van der Waals surface area contributed by atoms with E-state index in [1.807, 2.05) is 0 Å². The Balaban J connectivity index is 1.19. The summed E-state index contributed by atoms with van der Waals surface area (Å²) in [7, 11) is 0. The van der Waals surface area contributed by atoms with Gasteiger partial charge >= 0.3 is 0 Å². The fourth-order valence-electron chi connectivity index (χ4n) is 7.14. The van der Waals surface area contributed by atoms with Crippen molar-refractivity contribution < 1.29 is 13.5 Å². The third-order valence-corrected chi connectivity index (χ3v) is 9.74. The van der Waals surface area contributed by atoms with Gasteiger partial charge in [0.2, 0.25) is 5.82 Å². The summed E-state index contributed by atoms with van der Waals surface area (Å²) in [5.74, 6) is 1.99. The standard InChI is InChI=1S/C35H52F2O/c1-3-5-6-8-27-19-21-31(22-20-27)32-23-24-33(35(37)34(32)36)38-25-30-17-15-29(16-18-30)14-13-28-11-9-26(7-4-2)10-12-28/h9,11,13-14,23-24,26-31H,3-8,10,12,15-22,25H2,1-2H3. The van der Waals surface area contributed by atoms with Crippen molar-refractivity contribution in [2.75, 3.05) is 6.61 Å². The first-order valence-corrected chi connectivity index (χ1v) is 16.0. The van der Waals surface area contributed by atoms with E-state index in [4.69, 9.17) is 4.74 Å². The van der Waals surface area contributed by atoms with Crippen LogP contribution in [0.1, 0.15) is 128 Å². The summed E-state index contributed by atoms with van der Waals surface area (Å²) >= 11 is 0. The molecule has 3 aliphatic rings. The van der Waals surface area contributed by atoms with Crippen molar-refractivity contribution in [3.8, 4) is 5.75 Å². The van der Waals surface area contributed by atoms with Gasteiger partial charge in [0.15, 0.2) is 11.6 Å². The van der Waals surface area contributed by atoms with E-state index in [-0.39, 0.29) is 11.7 Å². The third-order valence-electron chi connectivity index (χ3n) is 9.74. The largest absolute Gasteiger partial charge is 0.490 e. The monoisotopic (exact) mass is 526 g/mol. The van der Waals surface area contributed by atoms with Crippen molar-refractivity contribution in [3.05, 3.63) is 53.6 Å². The predicted molar refractivity (Wildman–Crippen MR) is 156 cm³/mol. The zero-order chi connectivity index (χ0) is 26.7. The van der Waals surface area contributed by atoms with Crippen LogP contribution in [0, 0.1) is 41.2 Å². The Morgan fingerprint density at radius 2 is 1.50 bits per heavy atom. The van der Waals surface area contributed by atoms with E-state index in [9.17, 15) is 4.39 Å². The van der Waals surface area contributed by atoms with Crippen molar-refractivity contribution in [2.45, 2.75) is 122 Å². The molecular weight excluding hydrogens is 474 g/mol. The van der Waals surface area contributed by atoms with E-state index in [1.54, 1.807) is 12.1 Å². The lowest BCUT2D eigenvalue weighted by Crippen LogP contribution is -2.20. The fraction of sp³-hybridized carbons (Fsp3) is 0.714. The molecule has 1 nitrogen and oxygen atoms in total. The maximum atomic E-state index is 15.0. The molecule has 0 spiro atoms. The van der Waals surface area contributed by atoms with Crippen LogP contribution < -0.4 is 4.74 Å². The molecule has 1 aromatic carbocycles. The lowest BCUT2D eigenvalue weighted by molar-refractivity contribution is 0.187. The molecule has 0 radical (unpaired) electrons. The Morgan fingerprint density at radius 1 is 0.737 bits per heavy atom. The molecule has 4 rings (SSSR count). The topological polar surface area (TPSA) is 9.23 Å². The van der Waals surface area contributed by atoms with Gasteiger partial charge in [-0.1, -0.05) is 76.3 Å². The minimum absolute atomic E-state index is 0.0898. The van der Waals surface area contributed by atoms with Gasteiger partial charge in [-0.2, -0.15) is 4.39 Å². The Hall–Kier alpha value is -1.64. The molecule has 0 amide bonds. The first-order valence-electron chi connectivity index (χ1n) is 16.0. The summed E-state index contributed by atoms with van der Waals surface area (Å²) in [5.41, 5.74) is 0.558. The van der Waals surface area contributed by atoms with Crippen LogP contribution in [0.4, 0.5) is 8.78 Å². The summed E-state index contributed by atoms with van der Waals surface area (Å²) < 4.78 is 35.8. The third kappa shape index (κ3) is 8.43. The summed E-state index contributed by atoms with van der Waals surface area (Å²) in [6, 6.07) is 3.47. The second kappa shape index (κ2) is 15.2. The highest BCUT2D eigenvalue weighted by molar-refractivity contribution is 5.33. The van der Waals surface area contributed by atoms with E-state index in [1.165, 1.54) is 51.4 Å². The number of allylic oxidation sites excluding steroid dienone is 4. The molecule has 2 fully saturated rings. The molecule has 2 saturated carbocycles. The molecule has 0 bridgehead atoms. The Bertz CT molecular complexity index is 889. The van der Waals surface area contributed by atoms with Gasteiger partial charge in [0.1, 0.15) is 0 Å². The molecule has 212 valence electrons. The first kappa shape index (κ1) is 29.3. The fourth-order valence-corrected chi connectivity index (χ4v) is 7.14. The SMILES string of the molecule is CCCCCC1CCC(c2ccc(OCC3CCC(C=CC4C=CC(CCC)CC4)CC3)c(F)c2F)CC1. The van der Waals surface area contributed by atoms with Gasteiger partial charge < -0.3 is 4.74 Å². The van der Waals surface area contributed by atoms with Crippen molar-refractivity contribution in [1.82, 2.24) is 0 Å². The summed E-state index contributed by atoms with van der Waals surface area (Å²) in [6.45, 7) is 5.00. The normalized spacial score (nSPS) is 30.1. The van der Waals surface area contributed by atoms with Gasteiger partial charge in [0, 0.05) is 0 Å². The smallest absolute Gasteiger partial charge is 0.200 e. The quantitative estimate of drug-likeness (QED) is 0.194. The molecule has 0 N–H and O–H groups in total. The number of ether oxygens (including phenoxy) is 1. The van der Waals surface area contributed by atoms with Crippen molar-refractivity contribution in [3.63, 3.8) is 0 Å². The number of hydrogen-bond acceptors (Lipinski definition) is 1. The van der Waals surface area contributed by atoms with E-state index in [0.717, 1.165) is 63.2 Å². The molecule has 2 unspecified atom stereocenters. The molecule has 3 aliphatic carbocycles. The van der Waals surface area contributed by atoms with Gasteiger partial charge in [0.05, 0.1) is 6.61 Å². The van der Waals surface area contributed by atoms with Crippen LogP contribution in [0.2, 0.25) is 0 Å². The second-order valence-electron chi connectivity index (χ2n) is 12.6. The van der Waals surface area contributed by atoms with Crippen LogP contribution in [0.5, 0.6) is 5.75 Å². The number of halogens is 2. The van der Waals surface area contributed by atoms with Crippen LogP contribution in [0.25, 0.3) is 0 Å². The van der Waals surface area contributed by atoms with E-state index in [2.05, 4.69) is 38.2 Å². The van der Waals surface area contributed by atoms with E-state index < -0.39 is 11.6 Å². The molecule has 0 aliphatic heterocycles. The van der Waals surface area contributed by atoms with Crippen LogP contribution in [0.15, 0.2) is 36.4 Å². The highest BCUT2D eigenvalue weighted by Gasteiger charge is 2.27. The first-order chi connectivity index (χ1) is 18.6. The summed E-state index contributed by atoms with van der Waals surface area (Å²) in [4.78, 5) is 0. The van der Waals surface area contributed by atoms with Gasteiger partial charge in [-0.3, -0.25) is 0 Å². The van der Waals surface area contributed by atoms with Crippen molar-refractivity contribution >= 4 is 0 Å². The zero-order valence-corrected chi connectivity index (χ0v) is 24.1. The number of hydrogen-bond donors (Lipinski definition) is 0. The minimum atomic E-state index is -0.786. The highest BCUT2D eigenvalue weighted by Crippen LogP contribution is 2.40. The second-order valence-corrected chi connectivity index (χ2v) is 12.6. The summed E-state index contributed by atoms with van der Waals surface area (Å²) in [6.07, 6.45) is 28.8. The number of rotatable bonds is 12. The molecule has 2 atom stereocenters. The van der Waals surface area contributed by atoms with Crippen LogP contribution >= 0.6 is 0 Å². The lowest BCUT2D eigenvalue weighted by Gasteiger charge is -2.29.